The Morgan fingerprint density at radius 2 is 1.70 bits per heavy atom. The lowest BCUT2D eigenvalue weighted by molar-refractivity contribution is 0.0707. The summed E-state index contributed by atoms with van der Waals surface area (Å²) in [4.78, 5) is 19.9. The van der Waals surface area contributed by atoms with Crippen molar-refractivity contribution < 1.29 is 13.2 Å². The van der Waals surface area contributed by atoms with Gasteiger partial charge in [0, 0.05) is 30.3 Å². The third-order valence-corrected chi connectivity index (χ3v) is 8.40. The Bertz CT molecular complexity index is 1350. The number of hydrogen-bond acceptors (Lipinski definition) is 5. The maximum Gasteiger partial charge on any atom is 0.261 e. The van der Waals surface area contributed by atoms with Crippen molar-refractivity contribution in [1.29, 1.82) is 0 Å². The summed E-state index contributed by atoms with van der Waals surface area (Å²) in [6.07, 6.45) is 1.92. The predicted octanol–water partition coefficient (Wildman–Crippen LogP) is 5.12. The van der Waals surface area contributed by atoms with Gasteiger partial charge in [-0.05, 0) is 61.4 Å². The van der Waals surface area contributed by atoms with E-state index in [1.54, 1.807) is 47.7 Å². The SMILES string of the molecule is O=C(c1ccc(S(=O)(=O)Nc2ccccc2)cc1)N1CCC[C@H](c2nc3ccccc3s2)C1. The van der Waals surface area contributed by atoms with Crippen LogP contribution >= 0.6 is 11.3 Å². The molecule has 1 aliphatic rings. The first-order valence-electron chi connectivity index (χ1n) is 10.8. The summed E-state index contributed by atoms with van der Waals surface area (Å²) in [7, 11) is -3.72. The summed E-state index contributed by atoms with van der Waals surface area (Å²) < 4.78 is 29.0. The fraction of sp³-hybridized carbons (Fsp3) is 0.200. The zero-order valence-corrected chi connectivity index (χ0v) is 19.5. The average Bonchev–Trinajstić information content (AvgIpc) is 3.29. The number of nitrogens with one attached hydrogen (secondary N) is 1. The van der Waals surface area contributed by atoms with Crippen LogP contribution in [-0.4, -0.2) is 37.3 Å². The van der Waals surface area contributed by atoms with Crippen LogP contribution in [0.1, 0.15) is 34.1 Å². The van der Waals surface area contributed by atoms with Crippen LogP contribution in [0.4, 0.5) is 5.69 Å². The highest BCUT2D eigenvalue weighted by Crippen LogP contribution is 2.33. The molecular weight excluding hydrogens is 454 g/mol. The van der Waals surface area contributed by atoms with Crippen molar-refractivity contribution in [3.63, 3.8) is 0 Å². The minimum Gasteiger partial charge on any atom is -0.338 e. The van der Waals surface area contributed by atoms with Crippen molar-refractivity contribution in [2.75, 3.05) is 17.8 Å². The minimum atomic E-state index is -3.72. The molecule has 3 aromatic carbocycles. The highest BCUT2D eigenvalue weighted by molar-refractivity contribution is 7.92. The molecule has 4 aromatic rings. The number of hydrogen-bond donors (Lipinski definition) is 1. The van der Waals surface area contributed by atoms with Crippen molar-refractivity contribution in [1.82, 2.24) is 9.88 Å². The second-order valence-electron chi connectivity index (χ2n) is 8.11. The summed E-state index contributed by atoms with van der Waals surface area (Å²) >= 11 is 1.70. The Morgan fingerprint density at radius 1 is 0.970 bits per heavy atom. The van der Waals surface area contributed by atoms with Gasteiger partial charge >= 0.3 is 0 Å². The van der Waals surface area contributed by atoms with Gasteiger partial charge in [0.15, 0.2) is 0 Å². The predicted molar refractivity (Wildman–Crippen MR) is 131 cm³/mol. The number of rotatable bonds is 5. The molecule has 168 valence electrons. The van der Waals surface area contributed by atoms with Crippen molar-refractivity contribution in [3.8, 4) is 0 Å². The molecule has 1 saturated heterocycles. The van der Waals surface area contributed by atoms with Crippen LogP contribution in [0.2, 0.25) is 0 Å². The molecule has 8 heteroatoms. The van der Waals surface area contributed by atoms with Crippen LogP contribution in [0.5, 0.6) is 0 Å². The van der Waals surface area contributed by atoms with Gasteiger partial charge in [-0.2, -0.15) is 0 Å². The molecule has 1 atom stereocenters. The number of amides is 1. The topological polar surface area (TPSA) is 79.4 Å². The van der Waals surface area contributed by atoms with E-state index < -0.39 is 10.0 Å². The smallest absolute Gasteiger partial charge is 0.261 e. The zero-order valence-electron chi connectivity index (χ0n) is 17.8. The number of likely N-dealkylation sites (tertiary alicyclic amines) is 1. The molecule has 0 unspecified atom stereocenters. The Balaban J connectivity index is 1.29. The molecular formula is C25H23N3O3S2. The Hall–Kier alpha value is -3.23. The Labute approximate surface area is 197 Å². The third kappa shape index (κ3) is 4.62. The fourth-order valence-corrected chi connectivity index (χ4v) is 6.26. The Morgan fingerprint density at radius 3 is 2.45 bits per heavy atom. The first-order valence-corrected chi connectivity index (χ1v) is 13.1. The van der Waals surface area contributed by atoms with E-state index in [4.69, 9.17) is 4.98 Å². The number of sulfonamides is 1. The first-order chi connectivity index (χ1) is 16.0. The lowest BCUT2D eigenvalue weighted by Gasteiger charge is -2.32. The van der Waals surface area contributed by atoms with E-state index in [0.717, 1.165) is 28.1 Å². The number of carbonyl (C=O) groups excluding carboxylic acids is 1. The van der Waals surface area contributed by atoms with Crippen molar-refractivity contribution in [3.05, 3.63) is 89.4 Å². The molecule has 5 rings (SSSR count). The molecule has 1 fully saturated rings. The number of nitrogens with zero attached hydrogens (tertiary/aromatic N) is 2. The summed E-state index contributed by atoms with van der Waals surface area (Å²) in [5.74, 6) is 0.135. The lowest BCUT2D eigenvalue weighted by atomic mass is 9.98. The van der Waals surface area contributed by atoms with Crippen LogP contribution in [0.25, 0.3) is 10.2 Å². The van der Waals surface area contributed by atoms with E-state index in [1.165, 1.54) is 12.1 Å². The summed E-state index contributed by atoms with van der Waals surface area (Å²) in [5, 5.41) is 1.07. The van der Waals surface area contributed by atoms with Crippen LogP contribution in [0.3, 0.4) is 0 Å². The lowest BCUT2D eigenvalue weighted by Crippen LogP contribution is -2.39. The van der Waals surface area contributed by atoms with Gasteiger partial charge in [-0.3, -0.25) is 9.52 Å². The monoisotopic (exact) mass is 477 g/mol. The Kier molecular flexibility index (Phi) is 5.86. The van der Waals surface area contributed by atoms with E-state index in [-0.39, 0.29) is 16.7 Å². The second kappa shape index (κ2) is 8.96. The van der Waals surface area contributed by atoms with E-state index >= 15 is 0 Å². The normalized spacial score (nSPS) is 16.6. The number of fused-ring (bicyclic) bond motifs is 1. The molecule has 1 N–H and O–H groups in total. The standard InChI is InChI=1S/C25H23N3O3S2/c29-25(18-12-14-21(15-13-18)33(30,31)27-20-8-2-1-3-9-20)28-16-6-7-19(17-28)24-26-22-10-4-5-11-23(22)32-24/h1-5,8-15,19,27H,6-7,16-17H2/t19-/m0/s1. The number of anilines is 1. The number of thiazole rings is 1. The maximum atomic E-state index is 13.1. The van der Waals surface area contributed by atoms with E-state index in [2.05, 4.69) is 10.8 Å². The summed E-state index contributed by atoms with van der Waals surface area (Å²) in [6, 6.07) is 22.9. The largest absolute Gasteiger partial charge is 0.338 e. The minimum absolute atomic E-state index is 0.0826. The van der Waals surface area contributed by atoms with Gasteiger partial charge in [0.05, 0.1) is 20.1 Å². The molecule has 0 spiro atoms. The van der Waals surface area contributed by atoms with Crippen LogP contribution < -0.4 is 4.72 Å². The summed E-state index contributed by atoms with van der Waals surface area (Å²) in [6.45, 7) is 1.31. The van der Waals surface area contributed by atoms with Crippen LogP contribution in [0.15, 0.2) is 83.8 Å². The van der Waals surface area contributed by atoms with Crippen molar-refractivity contribution in [2.45, 2.75) is 23.7 Å². The number of aromatic nitrogens is 1. The number of piperidine rings is 1. The molecule has 0 aliphatic carbocycles. The second-order valence-corrected chi connectivity index (χ2v) is 10.9. The van der Waals surface area contributed by atoms with E-state index in [1.807, 2.05) is 29.2 Å². The molecule has 33 heavy (non-hydrogen) atoms. The number of benzene rings is 3. The molecule has 0 saturated carbocycles. The van der Waals surface area contributed by atoms with Gasteiger partial charge in [-0.15, -0.1) is 11.3 Å². The third-order valence-electron chi connectivity index (χ3n) is 5.81. The average molecular weight is 478 g/mol. The van der Waals surface area contributed by atoms with Crippen molar-refractivity contribution >= 4 is 43.2 Å². The van der Waals surface area contributed by atoms with E-state index in [9.17, 15) is 13.2 Å². The molecule has 0 bridgehead atoms. The highest BCUT2D eigenvalue weighted by Gasteiger charge is 2.28. The quantitative estimate of drug-likeness (QED) is 0.433. The number of carbonyl (C=O) groups is 1. The van der Waals surface area contributed by atoms with Crippen LogP contribution in [-0.2, 0) is 10.0 Å². The van der Waals surface area contributed by atoms with Gasteiger partial charge in [-0.1, -0.05) is 30.3 Å². The maximum absolute atomic E-state index is 13.1. The number of para-hydroxylation sites is 2. The molecule has 1 aromatic heterocycles. The molecule has 6 nitrogen and oxygen atoms in total. The van der Waals surface area contributed by atoms with Gasteiger partial charge < -0.3 is 4.90 Å². The van der Waals surface area contributed by atoms with Gasteiger partial charge in [-0.25, -0.2) is 13.4 Å². The highest BCUT2D eigenvalue weighted by atomic mass is 32.2. The van der Waals surface area contributed by atoms with Crippen LogP contribution in [0, 0.1) is 0 Å². The van der Waals surface area contributed by atoms with Gasteiger partial charge in [0.2, 0.25) is 0 Å². The molecule has 0 radical (unpaired) electrons. The molecule has 1 amide bonds. The fourth-order valence-electron chi connectivity index (χ4n) is 4.11. The molecule has 2 heterocycles. The summed E-state index contributed by atoms with van der Waals surface area (Å²) in [5.41, 5.74) is 1.98. The van der Waals surface area contributed by atoms with Gasteiger partial charge in [0.1, 0.15) is 0 Å². The first kappa shape index (κ1) is 21.6. The van der Waals surface area contributed by atoms with Crippen molar-refractivity contribution in [2.24, 2.45) is 0 Å². The van der Waals surface area contributed by atoms with Gasteiger partial charge in [0.25, 0.3) is 15.9 Å². The zero-order chi connectivity index (χ0) is 22.8. The van der Waals surface area contributed by atoms with E-state index in [0.29, 0.717) is 24.3 Å². The molecule has 1 aliphatic heterocycles.